The molecule has 36 heavy (non-hydrogen) atoms. The lowest BCUT2D eigenvalue weighted by Crippen LogP contribution is -2.46. The number of nitrogens with one attached hydrogen (secondary N) is 1. The fraction of sp³-hybridized carbons (Fsp3) is 0.148. The van der Waals surface area contributed by atoms with Crippen molar-refractivity contribution < 1.29 is 9.63 Å². The van der Waals surface area contributed by atoms with E-state index in [-0.39, 0.29) is 28.5 Å². The van der Waals surface area contributed by atoms with Gasteiger partial charge in [-0.25, -0.2) is 0 Å². The Morgan fingerprint density at radius 1 is 0.917 bits per heavy atom. The molecule has 9 heteroatoms. The van der Waals surface area contributed by atoms with E-state index in [1.807, 2.05) is 37.3 Å². The number of fused-ring (bicyclic) bond motifs is 2. The number of hydrogen-bond acceptors (Lipinski definition) is 6. The molecule has 0 spiro atoms. The molecular formula is C27H23N5O4. The average Bonchev–Trinajstić information content (AvgIpc) is 3.40. The first-order valence-electron chi connectivity index (χ1n) is 11.6. The van der Waals surface area contributed by atoms with Gasteiger partial charge in [0.05, 0.1) is 17.5 Å². The van der Waals surface area contributed by atoms with Crippen molar-refractivity contribution in [3.05, 3.63) is 105 Å². The zero-order chi connectivity index (χ0) is 25.1. The van der Waals surface area contributed by atoms with E-state index in [1.165, 1.54) is 0 Å². The first-order chi connectivity index (χ1) is 17.6. The van der Waals surface area contributed by atoms with Crippen molar-refractivity contribution in [2.24, 2.45) is 0 Å². The van der Waals surface area contributed by atoms with Crippen molar-refractivity contribution >= 4 is 27.8 Å². The lowest BCUT2D eigenvalue weighted by atomic mass is 10.0. The van der Waals surface area contributed by atoms with Gasteiger partial charge in [-0.3, -0.25) is 19.2 Å². The second kappa shape index (κ2) is 9.93. The zero-order valence-electron chi connectivity index (χ0n) is 19.5. The number of aromatic nitrogens is 4. The number of hydrogen-bond donors (Lipinski definition) is 1. The quantitative estimate of drug-likeness (QED) is 0.280. The van der Waals surface area contributed by atoms with Gasteiger partial charge in [-0.15, -0.1) is 10.3 Å². The molecule has 1 N–H and O–H groups in total. The van der Waals surface area contributed by atoms with Crippen LogP contribution >= 0.6 is 0 Å². The van der Waals surface area contributed by atoms with Crippen molar-refractivity contribution in [2.75, 3.05) is 11.8 Å². The lowest BCUT2D eigenvalue weighted by Gasteiger charge is -2.24. The van der Waals surface area contributed by atoms with Crippen molar-refractivity contribution in [2.45, 2.75) is 19.8 Å². The number of unbranched alkanes of at least 4 members (excludes halogenated alkanes) is 1. The highest BCUT2D eigenvalue weighted by Crippen LogP contribution is 2.23. The molecule has 0 aliphatic heterocycles. The van der Waals surface area contributed by atoms with Gasteiger partial charge < -0.3 is 0 Å². The molecule has 2 heterocycles. The summed E-state index contributed by atoms with van der Waals surface area (Å²) in [6, 6.07) is 23.2. The second-order valence-corrected chi connectivity index (χ2v) is 8.20. The number of hydroxylamine groups is 1. The van der Waals surface area contributed by atoms with Crippen LogP contribution in [-0.2, 0) is 4.84 Å². The number of H-pyrrole nitrogens is 1. The third-order valence-electron chi connectivity index (χ3n) is 5.82. The predicted octanol–water partition coefficient (Wildman–Crippen LogP) is 3.81. The molecular weight excluding hydrogens is 458 g/mol. The van der Waals surface area contributed by atoms with Crippen LogP contribution in [0, 0.1) is 0 Å². The summed E-state index contributed by atoms with van der Waals surface area (Å²) >= 11 is 0. The van der Waals surface area contributed by atoms with Gasteiger partial charge in [-0.1, -0.05) is 67.9 Å². The molecule has 0 atom stereocenters. The minimum atomic E-state index is -0.711. The van der Waals surface area contributed by atoms with Crippen LogP contribution in [0.3, 0.4) is 0 Å². The molecule has 2 aromatic heterocycles. The van der Waals surface area contributed by atoms with Crippen LogP contribution in [0.4, 0.5) is 0 Å². The Balaban J connectivity index is 1.85. The molecule has 0 radical (unpaired) electrons. The van der Waals surface area contributed by atoms with Crippen LogP contribution in [0.25, 0.3) is 33.1 Å². The van der Waals surface area contributed by atoms with E-state index in [0.29, 0.717) is 12.0 Å². The number of rotatable bonds is 7. The monoisotopic (exact) mass is 481 g/mol. The topological polar surface area (TPSA) is 110 Å². The Morgan fingerprint density at radius 2 is 1.61 bits per heavy atom. The first kappa shape index (κ1) is 23.1. The Bertz CT molecular complexity index is 1660. The zero-order valence-corrected chi connectivity index (χ0v) is 19.5. The predicted molar refractivity (Wildman–Crippen MR) is 137 cm³/mol. The van der Waals surface area contributed by atoms with Crippen LogP contribution in [0.5, 0.6) is 0 Å². The van der Waals surface area contributed by atoms with Gasteiger partial charge in [0.15, 0.2) is 11.0 Å². The minimum Gasteiger partial charge on any atom is -0.287 e. The summed E-state index contributed by atoms with van der Waals surface area (Å²) in [5, 5.41) is 11.3. The number of aromatic amines is 1. The van der Waals surface area contributed by atoms with E-state index < -0.39 is 16.9 Å². The first-order valence-corrected chi connectivity index (χ1v) is 11.6. The summed E-state index contributed by atoms with van der Waals surface area (Å²) in [4.78, 5) is 46.8. The van der Waals surface area contributed by atoms with Gasteiger partial charge in [0, 0.05) is 5.56 Å². The molecule has 0 saturated heterocycles. The molecule has 0 saturated carbocycles. The lowest BCUT2D eigenvalue weighted by molar-refractivity contribution is 0.0390. The Hall–Kier alpha value is -4.63. The number of nitrogens with zero attached hydrogens (tertiary/aromatic N) is 4. The highest BCUT2D eigenvalue weighted by Gasteiger charge is 2.25. The Labute approximate surface area is 205 Å². The summed E-state index contributed by atoms with van der Waals surface area (Å²) in [5.74, 6) is -0.560. The van der Waals surface area contributed by atoms with Gasteiger partial charge in [-0.2, -0.15) is 15.0 Å². The standard InChI is InChI=1S/C27H23N5O4/c1-2-3-16-36-32(26(34)19-12-8-5-9-13-19)31-22-17-20(18-10-6-4-7-11-18)14-15-21(22)25(33)23-24(27(31)35)29-30-28-23/h4-15,17H,2-3,16H2,1H3,(H,28,29,30). The number of carbonyl (C=O) groups is 1. The van der Waals surface area contributed by atoms with Crippen LogP contribution < -0.4 is 16.2 Å². The van der Waals surface area contributed by atoms with E-state index in [0.717, 1.165) is 27.4 Å². The number of benzene rings is 3. The van der Waals surface area contributed by atoms with Gasteiger partial charge in [0.25, 0.3) is 5.91 Å². The van der Waals surface area contributed by atoms with Crippen LogP contribution in [0.2, 0.25) is 0 Å². The SMILES string of the molecule is CCCCON(C(=O)c1ccccc1)n1c(=O)c2n[nH]nc2c(=O)c2ccc(-c3ccccc3)cc21. The van der Waals surface area contributed by atoms with E-state index in [4.69, 9.17) is 4.84 Å². The molecule has 0 bridgehead atoms. The maximum Gasteiger partial charge on any atom is 0.302 e. The van der Waals surface area contributed by atoms with Crippen molar-refractivity contribution in [1.29, 1.82) is 0 Å². The fourth-order valence-electron chi connectivity index (χ4n) is 3.96. The minimum absolute atomic E-state index is 0.114. The normalized spacial score (nSPS) is 11.1. The van der Waals surface area contributed by atoms with Crippen LogP contribution in [-0.4, -0.2) is 32.6 Å². The van der Waals surface area contributed by atoms with Gasteiger partial charge >= 0.3 is 5.56 Å². The average molecular weight is 482 g/mol. The van der Waals surface area contributed by atoms with Gasteiger partial charge in [-0.05, 0) is 41.8 Å². The summed E-state index contributed by atoms with van der Waals surface area (Å²) in [6.45, 7) is 2.18. The summed E-state index contributed by atoms with van der Waals surface area (Å²) in [6.07, 6.45) is 1.48. The molecule has 9 nitrogen and oxygen atoms in total. The molecule has 0 fully saturated rings. The summed E-state index contributed by atoms with van der Waals surface area (Å²) in [7, 11) is 0. The molecule has 0 aliphatic rings. The molecule has 0 aliphatic carbocycles. The summed E-state index contributed by atoms with van der Waals surface area (Å²) < 4.78 is 1.08. The highest BCUT2D eigenvalue weighted by molar-refractivity contribution is 6.01. The van der Waals surface area contributed by atoms with Gasteiger partial charge in [0.2, 0.25) is 5.43 Å². The third-order valence-corrected chi connectivity index (χ3v) is 5.82. The second-order valence-electron chi connectivity index (χ2n) is 8.20. The smallest absolute Gasteiger partial charge is 0.287 e. The molecule has 0 unspecified atom stereocenters. The van der Waals surface area contributed by atoms with E-state index in [1.54, 1.807) is 48.5 Å². The Kier molecular flexibility index (Phi) is 6.38. The maximum atomic E-state index is 13.8. The molecule has 5 aromatic rings. The number of carbonyl (C=O) groups excluding carboxylic acids is 1. The molecule has 5 rings (SSSR count). The van der Waals surface area contributed by atoms with E-state index in [9.17, 15) is 14.4 Å². The fourth-order valence-corrected chi connectivity index (χ4v) is 3.96. The number of amides is 1. The third kappa shape index (κ3) is 4.16. The van der Waals surface area contributed by atoms with Crippen LogP contribution in [0.15, 0.2) is 88.5 Å². The molecule has 1 amide bonds. The van der Waals surface area contributed by atoms with Crippen LogP contribution in [0.1, 0.15) is 30.1 Å². The van der Waals surface area contributed by atoms with Crippen molar-refractivity contribution in [3.63, 3.8) is 0 Å². The summed E-state index contributed by atoms with van der Waals surface area (Å²) in [5.41, 5.74) is 0.662. The van der Waals surface area contributed by atoms with Gasteiger partial charge in [0.1, 0.15) is 0 Å². The Morgan fingerprint density at radius 3 is 2.33 bits per heavy atom. The highest BCUT2D eigenvalue weighted by atomic mass is 16.7. The molecule has 180 valence electrons. The van der Waals surface area contributed by atoms with Crippen molar-refractivity contribution in [3.8, 4) is 11.1 Å². The molecule has 3 aromatic carbocycles. The van der Waals surface area contributed by atoms with E-state index >= 15 is 0 Å². The van der Waals surface area contributed by atoms with Crippen molar-refractivity contribution in [1.82, 2.24) is 20.1 Å². The van der Waals surface area contributed by atoms with E-state index in [2.05, 4.69) is 15.4 Å². The maximum absolute atomic E-state index is 13.8. The largest absolute Gasteiger partial charge is 0.302 e.